The topological polar surface area (TPSA) is 72.5 Å². The molecule has 0 aliphatic rings. The normalized spacial score (nSPS) is 20.8. The lowest BCUT2D eigenvalue weighted by molar-refractivity contribution is -0.150. The number of rotatable bonds is 3. The van der Waals surface area contributed by atoms with E-state index in [-0.39, 0.29) is 5.97 Å². The molecule has 0 bridgehead atoms. The first-order valence-electron chi connectivity index (χ1n) is 3.92. The van der Waals surface area contributed by atoms with Crippen molar-refractivity contribution in [2.75, 3.05) is 0 Å². The Labute approximate surface area is 72.7 Å². The Morgan fingerprint density at radius 3 is 2.25 bits per heavy atom. The van der Waals surface area contributed by atoms with Crippen LogP contribution in [0.4, 0.5) is 0 Å². The maximum Gasteiger partial charge on any atom is 0.302 e. The molecule has 0 rings (SSSR count). The average Bonchev–Trinajstić information content (AvgIpc) is 1.85. The fraction of sp³-hybridized carbons (Fsp3) is 0.875. The lowest BCUT2D eigenvalue weighted by Gasteiger charge is -2.33. The zero-order valence-corrected chi connectivity index (χ0v) is 8.00. The summed E-state index contributed by atoms with van der Waals surface area (Å²) in [6.07, 6.45) is -1.21. The predicted octanol–water partition coefficient (Wildman–Crippen LogP) is 0.0362. The van der Waals surface area contributed by atoms with Crippen molar-refractivity contribution in [2.24, 2.45) is 5.73 Å². The number of carbonyl (C=O) groups excluding carboxylic acids is 1. The number of carbonyl (C=O) groups is 1. The molecule has 0 saturated heterocycles. The predicted molar refractivity (Wildman–Crippen MR) is 45.5 cm³/mol. The van der Waals surface area contributed by atoms with Crippen LogP contribution in [0.2, 0.25) is 0 Å². The van der Waals surface area contributed by atoms with E-state index >= 15 is 0 Å². The molecule has 3 N–H and O–H groups in total. The van der Waals surface area contributed by atoms with Gasteiger partial charge in [0.25, 0.3) is 0 Å². The Morgan fingerprint density at radius 1 is 1.58 bits per heavy atom. The largest absolute Gasteiger partial charge is 0.461 e. The first kappa shape index (κ1) is 11.4. The quantitative estimate of drug-likeness (QED) is 0.594. The molecule has 0 aromatic heterocycles. The molecule has 0 amide bonds. The van der Waals surface area contributed by atoms with E-state index in [9.17, 15) is 9.90 Å². The minimum Gasteiger partial charge on any atom is -0.461 e. The first-order valence-corrected chi connectivity index (χ1v) is 3.92. The molecule has 4 nitrogen and oxygen atoms in total. The molecule has 0 radical (unpaired) electrons. The molecule has 4 heteroatoms. The minimum atomic E-state index is -0.897. The summed E-state index contributed by atoms with van der Waals surface area (Å²) in [4.78, 5) is 10.6. The molecule has 1 unspecified atom stereocenters. The highest BCUT2D eigenvalue weighted by Crippen LogP contribution is 2.14. The number of nitrogens with two attached hydrogens (primary N) is 1. The van der Waals surface area contributed by atoms with Crippen molar-refractivity contribution < 1.29 is 14.6 Å². The van der Waals surface area contributed by atoms with Crippen molar-refractivity contribution in [2.45, 2.75) is 45.4 Å². The van der Waals surface area contributed by atoms with Crippen molar-refractivity contribution in [3.63, 3.8) is 0 Å². The van der Waals surface area contributed by atoms with Gasteiger partial charge >= 0.3 is 5.97 Å². The van der Waals surface area contributed by atoms with Crippen molar-refractivity contribution in [1.29, 1.82) is 0 Å². The third-order valence-corrected chi connectivity index (χ3v) is 2.12. The van der Waals surface area contributed by atoms with Gasteiger partial charge in [-0.1, -0.05) is 0 Å². The second-order valence-electron chi connectivity index (χ2n) is 3.29. The molecule has 3 atom stereocenters. The number of hydrogen-bond donors (Lipinski definition) is 2. The summed E-state index contributed by atoms with van der Waals surface area (Å²) >= 11 is 0. The van der Waals surface area contributed by atoms with Gasteiger partial charge in [0.2, 0.25) is 0 Å². The van der Waals surface area contributed by atoms with Crippen LogP contribution in [0.1, 0.15) is 27.7 Å². The van der Waals surface area contributed by atoms with Gasteiger partial charge in [0.05, 0.1) is 11.6 Å². The third kappa shape index (κ3) is 2.79. The summed E-state index contributed by atoms with van der Waals surface area (Å²) in [5.41, 5.74) is 4.83. The van der Waals surface area contributed by atoms with Crippen LogP contribution in [0.3, 0.4) is 0 Å². The molecule has 0 aliphatic carbocycles. The number of hydrogen-bond acceptors (Lipinski definition) is 4. The monoisotopic (exact) mass is 175 g/mol. The summed E-state index contributed by atoms with van der Waals surface area (Å²) in [6.45, 7) is 6.19. The Bertz CT molecular complexity index is 166. The van der Waals surface area contributed by atoms with Crippen molar-refractivity contribution in [3.8, 4) is 0 Å². The van der Waals surface area contributed by atoms with Crippen LogP contribution in [0, 0.1) is 0 Å². The van der Waals surface area contributed by atoms with Crippen LogP contribution in [-0.2, 0) is 9.53 Å². The van der Waals surface area contributed by atoms with Gasteiger partial charge < -0.3 is 15.6 Å². The zero-order valence-electron chi connectivity index (χ0n) is 8.00. The van der Waals surface area contributed by atoms with Crippen molar-refractivity contribution in [1.82, 2.24) is 0 Å². The first-order chi connectivity index (χ1) is 5.28. The molecule has 0 aliphatic heterocycles. The number of esters is 1. The van der Waals surface area contributed by atoms with E-state index in [2.05, 4.69) is 0 Å². The lowest BCUT2D eigenvalue weighted by Crippen LogP contribution is -2.56. The van der Waals surface area contributed by atoms with Gasteiger partial charge in [0.15, 0.2) is 0 Å². The highest BCUT2D eigenvalue weighted by Gasteiger charge is 2.33. The summed E-state index contributed by atoms with van der Waals surface area (Å²) < 4.78 is 4.85. The SMILES string of the molecule is CC(=O)O[C@H](C)C(C)(N)[C@@H](C)O. The van der Waals surface area contributed by atoms with Crippen LogP contribution in [0.25, 0.3) is 0 Å². The van der Waals surface area contributed by atoms with Gasteiger partial charge in [-0.2, -0.15) is 0 Å². The molecule has 0 heterocycles. The Hall–Kier alpha value is -0.610. The van der Waals surface area contributed by atoms with Gasteiger partial charge in [-0.15, -0.1) is 0 Å². The van der Waals surface area contributed by atoms with Crippen molar-refractivity contribution >= 4 is 5.97 Å². The van der Waals surface area contributed by atoms with E-state index < -0.39 is 17.7 Å². The third-order valence-electron chi connectivity index (χ3n) is 2.12. The molecule has 0 saturated carbocycles. The standard InChI is InChI=1S/C8H17NO3/c1-5(10)8(4,9)6(2)12-7(3)11/h5-6,10H,9H2,1-4H3/t5-,6-,8?/m1/s1. The molecule has 72 valence electrons. The van der Waals surface area contributed by atoms with Gasteiger partial charge in [0, 0.05) is 6.92 Å². The van der Waals surface area contributed by atoms with Gasteiger partial charge in [0.1, 0.15) is 6.10 Å². The second kappa shape index (κ2) is 3.87. The van der Waals surface area contributed by atoms with Crippen LogP contribution < -0.4 is 5.73 Å². The van der Waals surface area contributed by atoms with E-state index in [1.54, 1.807) is 20.8 Å². The highest BCUT2D eigenvalue weighted by atomic mass is 16.5. The van der Waals surface area contributed by atoms with Crippen LogP contribution >= 0.6 is 0 Å². The molecular formula is C8H17NO3. The van der Waals surface area contributed by atoms with E-state index in [0.29, 0.717) is 0 Å². The smallest absolute Gasteiger partial charge is 0.302 e. The fourth-order valence-corrected chi connectivity index (χ4v) is 0.716. The molecule has 0 spiro atoms. The fourth-order valence-electron chi connectivity index (χ4n) is 0.716. The maximum atomic E-state index is 10.6. The van der Waals surface area contributed by atoms with Gasteiger partial charge in [-0.25, -0.2) is 0 Å². The zero-order chi connectivity index (χ0) is 9.94. The van der Waals surface area contributed by atoms with E-state index in [0.717, 1.165) is 0 Å². The lowest BCUT2D eigenvalue weighted by atomic mass is 9.91. The summed E-state index contributed by atoms with van der Waals surface area (Å²) in [7, 11) is 0. The molecule has 12 heavy (non-hydrogen) atoms. The minimum absolute atomic E-state index is 0.389. The Balaban J connectivity index is 4.24. The van der Waals surface area contributed by atoms with E-state index in [1.807, 2.05) is 0 Å². The maximum absolute atomic E-state index is 10.6. The molecule has 0 aromatic rings. The highest BCUT2D eigenvalue weighted by molar-refractivity contribution is 5.66. The van der Waals surface area contributed by atoms with Crippen LogP contribution in [0.15, 0.2) is 0 Å². The Kier molecular flexibility index (Phi) is 3.67. The molecule has 0 fully saturated rings. The number of aliphatic hydroxyl groups excluding tert-OH is 1. The summed E-state index contributed by atoms with van der Waals surface area (Å²) in [6, 6.07) is 0. The van der Waals surface area contributed by atoms with Crippen molar-refractivity contribution in [3.05, 3.63) is 0 Å². The number of aliphatic hydroxyl groups is 1. The van der Waals surface area contributed by atoms with Gasteiger partial charge in [-0.3, -0.25) is 4.79 Å². The summed E-state index contributed by atoms with van der Waals surface area (Å²) in [5, 5.41) is 9.25. The van der Waals surface area contributed by atoms with E-state index in [1.165, 1.54) is 6.92 Å². The van der Waals surface area contributed by atoms with Gasteiger partial charge in [-0.05, 0) is 20.8 Å². The van der Waals surface area contributed by atoms with Crippen LogP contribution in [0.5, 0.6) is 0 Å². The summed E-state index contributed by atoms with van der Waals surface area (Å²) in [5.74, 6) is -0.389. The second-order valence-corrected chi connectivity index (χ2v) is 3.29. The molecular weight excluding hydrogens is 158 g/mol. The number of ether oxygens (including phenoxy) is 1. The Morgan fingerprint density at radius 2 is 2.00 bits per heavy atom. The van der Waals surface area contributed by atoms with E-state index in [4.69, 9.17) is 10.5 Å². The molecule has 0 aromatic carbocycles. The average molecular weight is 175 g/mol. The van der Waals surface area contributed by atoms with Crippen LogP contribution in [-0.4, -0.2) is 28.8 Å².